The van der Waals surface area contributed by atoms with Crippen molar-refractivity contribution in [2.24, 2.45) is 5.92 Å². The van der Waals surface area contributed by atoms with Gasteiger partial charge in [-0.3, -0.25) is 9.59 Å². The van der Waals surface area contributed by atoms with Crippen molar-refractivity contribution in [2.75, 3.05) is 18.5 Å². The van der Waals surface area contributed by atoms with Gasteiger partial charge in [-0.05, 0) is 43.5 Å². The van der Waals surface area contributed by atoms with Crippen LogP contribution in [-0.2, 0) is 11.3 Å². The lowest BCUT2D eigenvalue weighted by Gasteiger charge is -2.14. The molecule has 2 amide bonds. The van der Waals surface area contributed by atoms with E-state index in [4.69, 9.17) is 4.74 Å². The number of halogens is 3. The molecule has 0 atom stereocenters. The second-order valence-corrected chi connectivity index (χ2v) is 6.86. The molecule has 0 radical (unpaired) electrons. The van der Waals surface area contributed by atoms with Crippen molar-refractivity contribution in [1.29, 1.82) is 0 Å². The highest BCUT2D eigenvalue weighted by molar-refractivity contribution is 5.97. The van der Waals surface area contributed by atoms with Gasteiger partial charge in [-0.25, -0.2) is 9.97 Å². The quantitative estimate of drug-likeness (QED) is 0.624. The highest BCUT2D eigenvalue weighted by Crippen LogP contribution is 2.30. The SMILES string of the molecule is CCOc1cc(CNC(=O)c2ccnc(NC(=O)C3CC3)c2)cnc1OCC(F)(F)F. The number of amides is 2. The summed E-state index contributed by atoms with van der Waals surface area (Å²) in [5.74, 6) is -0.468. The Balaban J connectivity index is 1.61. The number of nitrogens with zero attached hydrogens (tertiary/aromatic N) is 2. The number of anilines is 1. The Morgan fingerprint density at radius 1 is 1.19 bits per heavy atom. The number of alkyl halides is 3. The molecule has 1 aliphatic rings. The zero-order valence-corrected chi connectivity index (χ0v) is 16.7. The third-order valence-corrected chi connectivity index (χ3v) is 4.22. The van der Waals surface area contributed by atoms with Crippen molar-refractivity contribution in [3.05, 3.63) is 41.7 Å². The first-order valence-corrected chi connectivity index (χ1v) is 9.61. The largest absolute Gasteiger partial charge is 0.488 e. The minimum atomic E-state index is -4.50. The van der Waals surface area contributed by atoms with E-state index in [9.17, 15) is 22.8 Å². The molecule has 1 aliphatic carbocycles. The van der Waals surface area contributed by atoms with Crippen molar-refractivity contribution >= 4 is 17.6 Å². The summed E-state index contributed by atoms with van der Waals surface area (Å²) in [7, 11) is 0. The summed E-state index contributed by atoms with van der Waals surface area (Å²) in [6.45, 7) is 0.437. The average molecular weight is 438 g/mol. The van der Waals surface area contributed by atoms with E-state index >= 15 is 0 Å². The summed E-state index contributed by atoms with van der Waals surface area (Å²) in [6.07, 6.45) is -0.0890. The third-order valence-electron chi connectivity index (χ3n) is 4.22. The van der Waals surface area contributed by atoms with Crippen LogP contribution < -0.4 is 20.1 Å². The zero-order valence-electron chi connectivity index (χ0n) is 16.7. The highest BCUT2D eigenvalue weighted by atomic mass is 19.4. The van der Waals surface area contributed by atoms with Gasteiger partial charge in [0, 0.05) is 30.4 Å². The number of aromatic nitrogens is 2. The van der Waals surface area contributed by atoms with E-state index in [-0.39, 0.29) is 42.4 Å². The van der Waals surface area contributed by atoms with Crippen LogP contribution in [0.2, 0.25) is 0 Å². The van der Waals surface area contributed by atoms with Crippen molar-refractivity contribution in [3.8, 4) is 11.6 Å². The van der Waals surface area contributed by atoms with Crippen LogP contribution in [0.25, 0.3) is 0 Å². The standard InChI is InChI=1S/C20H21F3N4O4/c1-2-30-15-7-12(10-26-19(15)31-11-20(21,22)23)9-25-17(28)14-5-6-24-16(8-14)27-18(29)13-3-4-13/h5-8,10,13H,2-4,9,11H2,1H3,(H,25,28)(H,24,27,29). The van der Waals surface area contributed by atoms with E-state index in [2.05, 4.69) is 25.3 Å². The monoisotopic (exact) mass is 438 g/mol. The van der Waals surface area contributed by atoms with Gasteiger partial charge >= 0.3 is 6.18 Å². The maximum atomic E-state index is 12.4. The van der Waals surface area contributed by atoms with Crippen molar-refractivity contribution in [1.82, 2.24) is 15.3 Å². The van der Waals surface area contributed by atoms with Crippen LogP contribution in [0.5, 0.6) is 11.6 Å². The van der Waals surface area contributed by atoms with Crippen LogP contribution in [0.3, 0.4) is 0 Å². The number of hydrogen-bond donors (Lipinski definition) is 2. The maximum absolute atomic E-state index is 12.4. The Bertz CT molecular complexity index is 948. The molecule has 2 aromatic heterocycles. The Kier molecular flexibility index (Phi) is 6.93. The average Bonchev–Trinajstić information content (AvgIpc) is 3.56. The Hall–Kier alpha value is -3.37. The van der Waals surface area contributed by atoms with Crippen LogP contribution in [0.1, 0.15) is 35.7 Å². The molecule has 11 heteroatoms. The molecule has 0 bridgehead atoms. The molecule has 2 N–H and O–H groups in total. The first-order valence-electron chi connectivity index (χ1n) is 9.61. The molecule has 166 valence electrons. The number of hydrogen-bond acceptors (Lipinski definition) is 6. The molecule has 0 aliphatic heterocycles. The smallest absolute Gasteiger partial charge is 0.422 e. The molecule has 31 heavy (non-hydrogen) atoms. The number of nitrogens with one attached hydrogen (secondary N) is 2. The molecule has 1 fully saturated rings. The summed E-state index contributed by atoms with van der Waals surface area (Å²) in [4.78, 5) is 32.2. The molecule has 0 saturated heterocycles. The number of ether oxygens (including phenoxy) is 2. The van der Waals surface area contributed by atoms with Crippen molar-refractivity contribution in [2.45, 2.75) is 32.5 Å². The predicted molar refractivity (Wildman–Crippen MR) is 104 cm³/mol. The lowest BCUT2D eigenvalue weighted by molar-refractivity contribution is -0.154. The van der Waals surface area contributed by atoms with Crippen LogP contribution in [0.15, 0.2) is 30.6 Å². The van der Waals surface area contributed by atoms with Crippen LogP contribution in [0, 0.1) is 5.92 Å². The fourth-order valence-corrected chi connectivity index (χ4v) is 2.59. The molecular formula is C20H21F3N4O4. The summed E-state index contributed by atoms with van der Waals surface area (Å²) in [6, 6.07) is 4.42. The molecule has 2 heterocycles. The van der Waals surface area contributed by atoms with E-state index in [1.54, 1.807) is 6.92 Å². The molecule has 0 unspecified atom stereocenters. The van der Waals surface area contributed by atoms with Crippen LogP contribution in [-0.4, -0.2) is 41.2 Å². The minimum Gasteiger partial charge on any atom is -0.488 e. The third kappa shape index (κ3) is 6.83. The first-order chi connectivity index (χ1) is 14.7. The zero-order chi connectivity index (χ0) is 22.4. The number of carbonyl (C=O) groups is 2. The van der Waals surface area contributed by atoms with Gasteiger partial charge in [0.05, 0.1) is 6.61 Å². The van der Waals surface area contributed by atoms with E-state index in [1.807, 2.05) is 0 Å². The first kappa shape index (κ1) is 22.3. The fourth-order valence-electron chi connectivity index (χ4n) is 2.59. The lowest BCUT2D eigenvalue weighted by Crippen LogP contribution is -2.23. The van der Waals surface area contributed by atoms with Gasteiger partial charge in [0.1, 0.15) is 5.82 Å². The normalized spacial score (nSPS) is 13.4. The fraction of sp³-hybridized carbons (Fsp3) is 0.400. The molecule has 0 spiro atoms. The summed E-state index contributed by atoms with van der Waals surface area (Å²) in [5, 5.41) is 5.35. The van der Waals surface area contributed by atoms with Gasteiger partial charge < -0.3 is 20.1 Å². The van der Waals surface area contributed by atoms with Crippen LogP contribution >= 0.6 is 0 Å². The summed E-state index contributed by atoms with van der Waals surface area (Å²) >= 11 is 0. The number of pyridine rings is 2. The van der Waals surface area contributed by atoms with E-state index in [0.29, 0.717) is 11.1 Å². The van der Waals surface area contributed by atoms with Gasteiger partial charge in [-0.2, -0.15) is 13.2 Å². The Labute approximate surface area is 176 Å². The van der Waals surface area contributed by atoms with Gasteiger partial charge in [-0.1, -0.05) is 0 Å². The summed E-state index contributed by atoms with van der Waals surface area (Å²) in [5.41, 5.74) is 0.802. The van der Waals surface area contributed by atoms with E-state index in [1.165, 1.54) is 30.6 Å². The Morgan fingerprint density at radius 2 is 1.97 bits per heavy atom. The van der Waals surface area contributed by atoms with Gasteiger partial charge in [0.2, 0.25) is 5.91 Å². The van der Waals surface area contributed by atoms with E-state index in [0.717, 1.165) is 12.8 Å². The minimum absolute atomic E-state index is 0.00870. The highest BCUT2D eigenvalue weighted by Gasteiger charge is 2.30. The Morgan fingerprint density at radius 3 is 2.65 bits per heavy atom. The number of rotatable bonds is 9. The van der Waals surface area contributed by atoms with Gasteiger partial charge in [0.25, 0.3) is 11.8 Å². The van der Waals surface area contributed by atoms with Gasteiger partial charge in [0.15, 0.2) is 12.4 Å². The lowest BCUT2D eigenvalue weighted by atomic mass is 10.2. The molecule has 8 nitrogen and oxygen atoms in total. The van der Waals surface area contributed by atoms with Crippen LogP contribution in [0.4, 0.5) is 19.0 Å². The van der Waals surface area contributed by atoms with E-state index < -0.39 is 18.7 Å². The maximum Gasteiger partial charge on any atom is 0.422 e. The molecule has 2 aromatic rings. The number of carbonyl (C=O) groups excluding carboxylic acids is 2. The molecule has 3 rings (SSSR count). The van der Waals surface area contributed by atoms with Crippen molar-refractivity contribution < 1.29 is 32.2 Å². The second kappa shape index (κ2) is 9.63. The molecular weight excluding hydrogens is 417 g/mol. The molecule has 0 aromatic carbocycles. The molecule has 1 saturated carbocycles. The second-order valence-electron chi connectivity index (χ2n) is 6.86. The van der Waals surface area contributed by atoms with Gasteiger partial charge in [-0.15, -0.1) is 0 Å². The summed E-state index contributed by atoms with van der Waals surface area (Å²) < 4.78 is 47.1. The van der Waals surface area contributed by atoms with Crippen molar-refractivity contribution in [3.63, 3.8) is 0 Å². The topological polar surface area (TPSA) is 102 Å². The predicted octanol–water partition coefficient (Wildman–Crippen LogP) is 3.09.